The molecule has 0 saturated carbocycles. The number of benzene rings is 1. The Morgan fingerprint density at radius 1 is 1.53 bits per heavy atom. The molecule has 1 aromatic rings. The van der Waals surface area contributed by atoms with Crippen molar-refractivity contribution in [1.29, 1.82) is 0 Å². The molecule has 0 bridgehead atoms. The molecular formula is C8H4Cl2INO3. The fraction of sp³-hybridized carbons (Fsp3) is 0.125. The van der Waals surface area contributed by atoms with E-state index in [1.807, 2.05) is 0 Å². The van der Waals surface area contributed by atoms with Crippen LogP contribution in [0.4, 0.5) is 5.69 Å². The predicted octanol–water partition coefficient (Wildman–Crippen LogP) is 3.27. The zero-order chi connectivity index (χ0) is 11.6. The lowest BCUT2D eigenvalue weighted by Crippen LogP contribution is -2.06. The van der Waals surface area contributed by atoms with Gasteiger partial charge in [0.15, 0.2) is 5.78 Å². The molecule has 0 amide bonds. The van der Waals surface area contributed by atoms with Crippen molar-refractivity contribution in [3.05, 3.63) is 36.4 Å². The molecule has 15 heavy (non-hydrogen) atoms. The van der Waals surface area contributed by atoms with Crippen LogP contribution < -0.4 is 0 Å². The summed E-state index contributed by atoms with van der Waals surface area (Å²) in [6, 6.07) is 2.58. The first-order valence-electron chi connectivity index (χ1n) is 3.70. The summed E-state index contributed by atoms with van der Waals surface area (Å²) in [5, 5.41) is 10.8. The van der Waals surface area contributed by atoms with Crippen molar-refractivity contribution in [3.8, 4) is 0 Å². The highest BCUT2D eigenvalue weighted by Gasteiger charge is 2.22. The third kappa shape index (κ3) is 2.59. The molecule has 0 aliphatic heterocycles. The molecule has 4 nitrogen and oxygen atoms in total. The van der Waals surface area contributed by atoms with E-state index in [9.17, 15) is 14.9 Å². The molecule has 7 heteroatoms. The number of carbonyl (C=O) groups excluding carboxylic acids is 1. The number of rotatable bonds is 3. The van der Waals surface area contributed by atoms with Gasteiger partial charge in [-0.2, -0.15) is 0 Å². The van der Waals surface area contributed by atoms with E-state index in [4.69, 9.17) is 23.2 Å². The fourth-order valence-corrected chi connectivity index (χ4v) is 2.53. The molecule has 80 valence electrons. The second-order valence-electron chi connectivity index (χ2n) is 2.57. The monoisotopic (exact) mass is 359 g/mol. The summed E-state index contributed by atoms with van der Waals surface area (Å²) in [6.45, 7) is 0. The molecule has 0 fully saturated rings. The Kier molecular flexibility index (Phi) is 4.30. The molecule has 0 spiro atoms. The highest BCUT2D eigenvalue weighted by molar-refractivity contribution is 14.1. The van der Waals surface area contributed by atoms with E-state index in [-0.39, 0.29) is 25.7 Å². The average Bonchev–Trinajstić information content (AvgIpc) is 2.16. The van der Waals surface area contributed by atoms with Crippen LogP contribution in [0.3, 0.4) is 0 Å². The molecule has 1 aromatic carbocycles. The summed E-state index contributed by atoms with van der Waals surface area (Å²) in [5.41, 5.74) is -0.0325. The maximum atomic E-state index is 11.4. The van der Waals surface area contributed by atoms with E-state index in [1.54, 1.807) is 22.6 Å². The summed E-state index contributed by atoms with van der Waals surface area (Å²) in [6.07, 6.45) is 0. The van der Waals surface area contributed by atoms with Crippen LogP contribution in [0.1, 0.15) is 10.4 Å². The lowest BCUT2D eigenvalue weighted by atomic mass is 10.1. The second-order valence-corrected chi connectivity index (χ2v) is 4.32. The highest BCUT2D eigenvalue weighted by atomic mass is 127. The van der Waals surface area contributed by atoms with Gasteiger partial charge in [-0.1, -0.05) is 11.6 Å². The first-order chi connectivity index (χ1) is 6.99. The summed E-state index contributed by atoms with van der Waals surface area (Å²) >= 11 is 12.9. The van der Waals surface area contributed by atoms with E-state index < -0.39 is 10.7 Å². The molecule has 0 unspecified atom stereocenters. The quantitative estimate of drug-likeness (QED) is 0.273. The Morgan fingerprint density at radius 2 is 2.13 bits per heavy atom. The largest absolute Gasteiger partial charge is 0.293 e. The van der Waals surface area contributed by atoms with Crippen LogP contribution in [0.2, 0.25) is 5.02 Å². The molecule has 0 aliphatic carbocycles. The average molecular weight is 360 g/mol. The Labute approximate surface area is 109 Å². The Balaban J connectivity index is 3.43. The lowest BCUT2D eigenvalue weighted by molar-refractivity contribution is -0.385. The van der Waals surface area contributed by atoms with E-state index in [2.05, 4.69) is 0 Å². The number of hydrogen-bond acceptors (Lipinski definition) is 3. The summed E-state index contributed by atoms with van der Waals surface area (Å²) in [5.74, 6) is -0.675. The molecule has 0 aromatic heterocycles. The maximum Gasteiger partial charge on any atom is 0.283 e. The smallest absolute Gasteiger partial charge is 0.283 e. The second kappa shape index (κ2) is 5.09. The summed E-state index contributed by atoms with van der Waals surface area (Å²) in [7, 11) is 0. The Morgan fingerprint density at radius 3 is 2.60 bits per heavy atom. The van der Waals surface area contributed by atoms with Gasteiger partial charge in [0.25, 0.3) is 5.69 Å². The number of carbonyl (C=O) groups is 1. The van der Waals surface area contributed by atoms with Gasteiger partial charge in [-0.3, -0.25) is 14.9 Å². The van der Waals surface area contributed by atoms with Crippen molar-refractivity contribution in [3.63, 3.8) is 0 Å². The lowest BCUT2D eigenvalue weighted by Gasteiger charge is -2.04. The Bertz CT molecular complexity index is 436. The minimum atomic E-state index is -0.566. The minimum absolute atomic E-state index is 0.112. The van der Waals surface area contributed by atoms with E-state index in [1.165, 1.54) is 12.1 Å². The Hall–Kier alpha value is -0.400. The molecule has 0 aliphatic rings. The SMILES string of the molecule is O=C(CCl)c1c(Cl)ccc([N+](=O)[O-])c1I. The number of nitro groups is 1. The van der Waals surface area contributed by atoms with Crippen molar-refractivity contribution in [2.45, 2.75) is 0 Å². The standard InChI is InChI=1S/C8H4Cl2INO3/c9-3-6(13)7-4(10)1-2-5(8(7)11)12(14)15/h1-2H,3H2. The van der Waals surface area contributed by atoms with Crippen molar-refractivity contribution < 1.29 is 9.72 Å². The first-order valence-corrected chi connectivity index (χ1v) is 5.69. The maximum absolute atomic E-state index is 11.4. The third-order valence-electron chi connectivity index (χ3n) is 1.67. The number of alkyl halides is 1. The number of halogens is 3. The number of nitrogens with zero attached hydrogens (tertiary/aromatic N) is 1. The van der Waals surface area contributed by atoms with E-state index in [0.717, 1.165) is 0 Å². The van der Waals surface area contributed by atoms with E-state index in [0.29, 0.717) is 0 Å². The molecular weight excluding hydrogens is 356 g/mol. The molecule has 1 rings (SSSR count). The highest BCUT2D eigenvalue weighted by Crippen LogP contribution is 2.30. The summed E-state index contributed by atoms with van der Waals surface area (Å²) in [4.78, 5) is 21.4. The molecule has 0 heterocycles. The molecule has 0 atom stereocenters. The predicted molar refractivity (Wildman–Crippen MR) is 65.9 cm³/mol. The number of hydrogen-bond donors (Lipinski definition) is 0. The third-order valence-corrected chi connectivity index (χ3v) is 3.32. The van der Waals surface area contributed by atoms with Crippen LogP contribution in [0.5, 0.6) is 0 Å². The van der Waals surface area contributed by atoms with Crippen molar-refractivity contribution in [2.24, 2.45) is 0 Å². The number of Topliss-reactive ketones (excluding diaryl/α,β-unsaturated/α-hetero) is 1. The molecule has 0 N–H and O–H groups in total. The van der Waals surface area contributed by atoms with Crippen molar-refractivity contribution >= 4 is 57.3 Å². The van der Waals surface area contributed by atoms with Gasteiger partial charge >= 0.3 is 0 Å². The molecule has 0 radical (unpaired) electrons. The first kappa shape index (κ1) is 12.7. The summed E-state index contributed by atoms with van der Waals surface area (Å²) < 4.78 is 0.218. The van der Waals surface area contributed by atoms with Gasteiger partial charge < -0.3 is 0 Å². The van der Waals surface area contributed by atoms with Crippen molar-refractivity contribution in [1.82, 2.24) is 0 Å². The van der Waals surface area contributed by atoms with E-state index >= 15 is 0 Å². The topological polar surface area (TPSA) is 60.2 Å². The van der Waals surface area contributed by atoms with Crippen molar-refractivity contribution in [2.75, 3.05) is 5.88 Å². The van der Waals surface area contributed by atoms with Gasteiger partial charge in [0.1, 0.15) is 3.57 Å². The zero-order valence-corrected chi connectivity index (χ0v) is 10.8. The van der Waals surface area contributed by atoms with Gasteiger partial charge in [-0.05, 0) is 28.7 Å². The van der Waals surface area contributed by atoms with Crippen LogP contribution in [-0.4, -0.2) is 16.6 Å². The van der Waals surface area contributed by atoms with Gasteiger partial charge in [0, 0.05) is 6.07 Å². The van der Waals surface area contributed by atoms with Crippen LogP contribution in [0, 0.1) is 13.7 Å². The molecule has 0 saturated heterocycles. The van der Waals surface area contributed by atoms with Crippen LogP contribution in [-0.2, 0) is 0 Å². The normalized spacial score (nSPS) is 10.1. The van der Waals surface area contributed by atoms with Gasteiger partial charge in [0.05, 0.1) is 21.4 Å². The van der Waals surface area contributed by atoms with Crippen LogP contribution in [0.15, 0.2) is 12.1 Å². The number of ketones is 1. The zero-order valence-electron chi connectivity index (χ0n) is 7.17. The van der Waals surface area contributed by atoms with Crippen LogP contribution in [0.25, 0.3) is 0 Å². The minimum Gasteiger partial charge on any atom is -0.293 e. The fourth-order valence-electron chi connectivity index (χ4n) is 1.00. The van der Waals surface area contributed by atoms with Gasteiger partial charge in [-0.15, -0.1) is 11.6 Å². The van der Waals surface area contributed by atoms with Gasteiger partial charge in [-0.25, -0.2) is 0 Å². The number of nitro benzene ring substituents is 1. The van der Waals surface area contributed by atoms with Crippen LogP contribution >= 0.6 is 45.8 Å². The van der Waals surface area contributed by atoms with Gasteiger partial charge in [0.2, 0.25) is 0 Å².